The first kappa shape index (κ1) is 14.3. The minimum Gasteiger partial charge on any atom is -0.353 e. The molecular formula is C14H24N2O3S. The van der Waals surface area contributed by atoms with Gasteiger partial charge < -0.3 is 5.32 Å². The van der Waals surface area contributed by atoms with Gasteiger partial charge in [-0.3, -0.25) is 4.79 Å². The maximum atomic E-state index is 12.2. The summed E-state index contributed by atoms with van der Waals surface area (Å²) in [4.78, 5) is 12.2. The fourth-order valence-corrected chi connectivity index (χ4v) is 5.77. The van der Waals surface area contributed by atoms with Crippen LogP contribution in [0.1, 0.15) is 51.4 Å². The molecule has 114 valence electrons. The summed E-state index contributed by atoms with van der Waals surface area (Å²) in [5.41, 5.74) is 0. The number of sulfonamides is 1. The monoisotopic (exact) mass is 300 g/mol. The Bertz CT molecular complexity index is 471. The van der Waals surface area contributed by atoms with Crippen LogP contribution in [0, 0.1) is 5.92 Å². The predicted octanol–water partition coefficient (Wildman–Crippen LogP) is 1.25. The first-order chi connectivity index (χ1) is 9.45. The molecule has 0 radical (unpaired) electrons. The molecule has 5 nitrogen and oxygen atoms in total. The lowest BCUT2D eigenvalue weighted by Crippen LogP contribution is -2.52. The van der Waals surface area contributed by atoms with Crippen LogP contribution in [0.2, 0.25) is 0 Å². The van der Waals surface area contributed by atoms with Gasteiger partial charge in [-0.15, -0.1) is 0 Å². The van der Waals surface area contributed by atoms with E-state index in [2.05, 4.69) is 5.32 Å². The van der Waals surface area contributed by atoms with Gasteiger partial charge in [-0.05, 0) is 38.5 Å². The Morgan fingerprint density at radius 1 is 1.05 bits per heavy atom. The number of amides is 1. The van der Waals surface area contributed by atoms with Gasteiger partial charge in [0.15, 0.2) is 0 Å². The van der Waals surface area contributed by atoms with Crippen molar-refractivity contribution >= 4 is 15.9 Å². The van der Waals surface area contributed by atoms with Crippen molar-refractivity contribution in [1.82, 2.24) is 9.62 Å². The van der Waals surface area contributed by atoms with E-state index >= 15 is 0 Å². The summed E-state index contributed by atoms with van der Waals surface area (Å²) >= 11 is 0. The molecule has 1 amide bonds. The largest absolute Gasteiger partial charge is 0.353 e. The van der Waals surface area contributed by atoms with Crippen molar-refractivity contribution in [1.29, 1.82) is 0 Å². The molecular weight excluding hydrogens is 276 g/mol. The van der Waals surface area contributed by atoms with Gasteiger partial charge in [0.05, 0.1) is 6.26 Å². The van der Waals surface area contributed by atoms with Gasteiger partial charge in [-0.25, -0.2) is 8.42 Å². The third-order valence-electron chi connectivity index (χ3n) is 5.12. The van der Waals surface area contributed by atoms with E-state index in [1.54, 1.807) is 4.31 Å². The number of nitrogens with zero attached hydrogens (tertiary/aromatic N) is 1. The van der Waals surface area contributed by atoms with E-state index in [0.717, 1.165) is 51.4 Å². The van der Waals surface area contributed by atoms with Crippen molar-refractivity contribution in [3.8, 4) is 0 Å². The third kappa shape index (κ3) is 2.72. The van der Waals surface area contributed by atoms with E-state index in [-0.39, 0.29) is 30.0 Å². The van der Waals surface area contributed by atoms with Gasteiger partial charge in [0.2, 0.25) is 15.9 Å². The quantitative estimate of drug-likeness (QED) is 0.853. The number of hydrogen-bond donors (Lipinski definition) is 1. The van der Waals surface area contributed by atoms with E-state index < -0.39 is 10.0 Å². The van der Waals surface area contributed by atoms with Crippen molar-refractivity contribution in [3.63, 3.8) is 0 Å². The van der Waals surface area contributed by atoms with E-state index in [0.29, 0.717) is 0 Å². The zero-order valence-electron chi connectivity index (χ0n) is 12.0. The highest BCUT2D eigenvalue weighted by Crippen LogP contribution is 2.37. The summed E-state index contributed by atoms with van der Waals surface area (Å²) in [6, 6.07) is 0.355. The summed E-state index contributed by atoms with van der Waals surface area (Å²) in [7, 11) is -3.11. The van der Waals surface area contributed by atoms with E-state index in [9.17, 15) is 13.2 Å². The normalized spacial score (nSPS) is 35.4. The van der Waals surface area contributed by atoms with Crippen molar-refractivity contribution in [3.05, 3.63) is 0 Å². The van der Waals surface area contributed by atoms with Crippen molar-refractivity contribution in [2.24, 2.45) is 5.92 Å². The Balaban J connectivity index is 1.61. The van der Waals surface area contributed by atoms with Crippen molar-refractivity contribution < 1.29 is 13.2 Å². The number of fused-ring (bicyclic) bond motifs is 2. The van der Waals surface area contributed by atoms with Crippen LogP contribution in [0.3, 0.4) is 0 Å². The minimum atomic E-state index is -3.11. The lowest BCUT2D eigenvalue weighted by atomic mass is 9.98. The smallest absolute Gasteiger partial charge is 0.223 e. The molecule has 2 aliphatic heterocycles. The standard InChI is InChI=1S/C14H24N2O3S/c1-20(18,19)16-12-6-7-13(16)9-11(8-12)15-14(17)10-4-2-3-5-10/h10-13H,2-9H2,1H3,(H,15,17). The van der Waals surface area contributed by atoms with Gasteiger partial charge in [0.25, 0.3) is 0 Å². The summed E-state index contributed by atoms with van der Waals surface area (Å²) in [6.45, 7) is 0. The first-order valence-corrected chi connectivity index (χ1v) is 9.59. The maximum Gasteiger partial charge on any atom is 0.223 e. The Labute approximate surface area is 121 Å². The number of nitrogens with one attached hydrogen (secondary N) is 1. The third-order valence-corrected chi connectivity index (χ3v) is 6.48. The van der Waals surface area contributed by atoms with Crippen LogP contribution < -0.4 is 5.32 Å². The molecule has 0 aromatic rings. The molecule has 1 aliphatic carbocycles. The van der Waals surface area contributed by atoms with Crippen LogP contribution in [0.25, 0.3) is 0 Å². The number of rotatable bonds is 3. The maximum absolute atomic E-state index is 12.2. The first-order valence-electron chi connectivity index (χ1n) is 7.74. The van der Waals surface area contributed by atoms with Crippen LogP contribution in [0.5, 0.6) is 0 Å². The minimum absolute atomic E-state index is 0.0950. The lowest BCUT2D eigenvalue weighted by Gasteiger charge is -2.37. The Hall–Kier alpha value is -0.620. The summed E-state index contributed by atoms with van der Waals surface area (Å²) < 4.78 is 25.3. The SMILES string of the molecule is CS(=O)(=O)N1C2CCC1CC(NC(=O)C1CCCC1)C2. The number of carbonyl (C=O) groups is 1. The van der Waals surface area contributed by atoms with E-state index in [1.165, 1.54) is 6.26 Å². The summed E-state index contributed by atoms with van der Waals surface area (Å²) in [5.74, 6) is 0.389. The summed E-state index contributed by atoms with van der Waals surface area (Å²) in [6.07, 6.45) is 9.09. The molecule has 1 saturated carbocycles. The zero-order chi connectivity index (χ0) is 14.3. The average molecular weight is 300 g/mol. The van der Waals surface area contributed by atoms with Gasteiger partial charge in [-0.2, -0.15) is 4.31 Å². The molecule has 1 N–H and O–H groups in total. The van der Waals surface area contributed by atoms with Crippen LogP contribution in [-0.2, 0) is 14.8 Å². The fraction of sp³-hybridized carbons (Fsp3) is 0.929. The lowest BCUT2D eigenvalue weighted by molar-refractivity contribution is -0.125. The van der Waals surface area contributed by atoms with Gasteiger partial charge >= 0.3 is 0 Å². The van der Waals surface area contributed by atoms with Gasteiger partial charge in [-0.1, -0.05) is 12.8 Å². The molecule has 2 bridgehead atoms. The topological polar surface area (TPSA) is 66.5 Å². The molecule has 20 heavy (non-hydrogen) atoms. The molecule has 2 heterocycles. The predicted molar refractivity (Wildman–Crippen MR) is 76.6 cm³/mol. The Morgan fingerprint density at radius 3 is 2.10 bits per heavy atom. The molecule has 3 aliphatic rings. The van der Waals surface area contributed by atoms with E-state index in [1.807, 2.05) is 0 Å². The zero-order valence-corrected chi connectivity index (χ0v) is 12.9. The van der Waals surface area contributed by atoms with Crippen LogP contribution in [0.4, 0.5) is 0 Å². The van der Waals surface area contributed by atoms with Gasteiger partial charge in [0.1, 0.15) is 0 Å². The highest BCUT2D eigenvalue weighted by Gasteiger charge is 2.45. The second-order valence-corrected chi connectivity index (χ2v) is 8.52. The molecule has 0 aromatic carbocycles. The van der Waals surface area contributed by atoms with E-state index in [4.69, 9.17) is 0 Å². The molecule has 6 heteroatoms. The second kappa shape index (κ2) is 5.30. The number of hydrogen-bond acceptors (Lipinski definition) is 3. The summed E-state index contributed by atoms with van der Waals surface area (Å²) in [5, 5.41) is 3.17. The fourth-order valence-electron chi connectivity index (χ4n) is 4.30. The van der Waals surface area contributed by atoms with Gasteiger partial charge in [0, 0.05) is 24.0 Å². The average Bonchev–Trinajstić information content (AvgIpc) is 2.96. The second-order valence-electron chi connectivity index (χ2n) is 6.64. The number of carbonyl (C=O) groups excluding carboxylic acids is 1. The van der Waals surface area contributed by atoms with Crippen molar-refractivity contribution in [2.45, 2.75) is 69.5 Å². The van der Waals surface area contributed by atoms with Crippen molar-refractivity contribution in [2.75, 3.05) is 6.26 Å². The highest BCUT2D eigenvalue weighted by molar-refractivity contribution is 7.88. The molecule has 2 unspecified atom stereocenters. The molecule has 3 fully saturated rings. The highest BCUT2D eigenvalue weighted by atomic mass is 32.2. The number of piperidine rings is 1. The molecule has 2 atom stereocenters. The van der Waals surface area contributed by atoms with Crippen LogP contribution in [-0.4, -0.2) is 43.0 Å². The molecule has 2 saturated heterocycles. The molecule has 0 aromatic heterocycles. The van der Waals surface area contributed by atoms with Crippen LogP contribution >= 0.6 is 0 Å². The van der Waals surface area contributed by atoms with Crippen LogP contribution in [0.15, 0.2) is 0 Å². The molecule has 0 spiro atoms. The Kier molecular flexibility index (Phi) is 3.79. The Morgan fingerprint density at radius 2 is 1.60 bits per heavy atom. The molecule has 3 rings (SSSR count).